The van der Waals surface area contributed by atoms with Crippen molar-refractivity contribution in [2.75, 3.05) is 51.3 Å². The Morgan fingerprint density at radius 1 is 1.12 bits per heavy atom. The van der Waals surface area contributed by atoms with Gasteiger partial charge in [0, 0.05) is 38.4 Å². The molecule has 1 saturated heterocycles. The van der Waals surface area contributed by atoms with Crippen LogP contribution in [0.3, 0.4) is 0 Å². The SMILES string of the molecule is COc1ccc(N2CCN(C[C@H](O)CO[C@H]3CCC[C@H]3C)CC2)cc1. The number of hydrogen-bond acceptors (Lipinski definition) is 5. The zero-order chi connectivity index (χ0) is 17.6. The Kier molecular flexibility index (Phi) is 6.57. The topological polar surface area (TPSA) is 45.2 Å². The quantitative estimate of drug-likeness (QED) is 0.820. The summed E-state index contributed by atoms with van der Waals surface area (Å²) in [4.78, 5) is 4.73. The number of benzene rings is 1. The molecule has 25 heavy (non-hydrogen) atoms. The van der Waals surface area contributed by atoms with Gasteiger partial charge in [0.15, 0.2) is 0 Å². The minimum Gasteiger partial charge on any atom is -0.497 e. The monoisotopic (exact) mass is 348 g/mol. The molecular weight excluding hydrogens is 316 g/mol. The van der Waals surface area contributed by atoms with Crippen LogP contribution < -0.4 is 9.64 Å². The van der Waals surface area contributed by atoms with Crippen molar-refractivity contribution < 1.29 is 14.6 Å². The Labute approximate surface area is 151 Å². The normalized spacial score (nSPS) is 26.0. The Morgan fingerprint density at radius 2 is 1.84 bits per heavy atom. The molecule has 1 saturated carbocycles. The van der Waals surface area contributed by atoms with Crippen LogP contribution in [0.25, 0.3) is 0 Å². The van der Waals surface area contributed by atoms with Crippen LogP contribution in [0.4, 0.5) is 5.69 Å². The largest absolute Gasteiger partial charge is 0.497 e. The summed E-state index contributed by atoms with van der Waals surface area (Å²) in [6.45, 7) is 7.35. The van der Waals surface area contributed by atoms with E-state index in [-0.39, 0.29) is 6.10 Å². The van der Waals surface area contributed by atoms with Gasteiger partial charge in [-0.25, -0.2) is 0 Å². The standard InChI is InChI=1S/C20H32N2O3/c1-16-4-3-5-20(16)25-15-18(23)14-21-10-12-22(13-11-21)17-6-8-19(24-2)9-7-17/h6-9,16,18,20,23H,3-5,10-15H2,1-2H3/t16-,18+,20+/m1/s1. The van der Waals surface area contributed by atoms with Gasteiger partial charge in [-0.3, -0.25) is 4.90 Å². The van der Waals surface area contributed by atoms with Crippen LogP contribution in [0.2, 0.25) is 0 Å². The van der Waals surface area contributed by atoms with Crippen LogP contribution in [-0.4, -0.2) is 68.7 Å². The third kappa shape index (κ3) is 5.09. The summed E-state index contributed by atoms with van der Waals surface area (Å²) in [6, 6.07) is 8.24. The molecule has 1 aliphatic carbocycles. The highest BCUT2D eigenvalue weighted by molar-refractivity contribution is 5.49. The van der Waals surface area contributed by atoms with Gasteiger partial charge in [0.1, 0.15) is 5.75 Å². The predicted octanol–water partition coefficient (Wildman–Crippen LogP) is 2.38. The van der Waals surface area contributed by atoms with Gasteiger partial charge >= 0.3 is 0 Å². The van der Waals surface area contributed by atoms with Crippen LogP contribution in [0.5, 0.6) is 5.75 Å². The molecule has 1 aromatic carbocycles. The summed E-state index contributed by atoms with van der Waals surface area (Å²) >= 11 is 0. The van der Waals surface area contributed by atoms with Crippen molar-refractivity contribution in [2.45, 2.75) is 38.4 Å². The first-order valence-electron chi connectivity index (χ1n) is 9.56. The summed E-state index contributed by atoms with van der Waals surface area (Å²) in [5, 5.41) is 10.3. The van der Waals surface area contributed by atoms with E-state index >= 15 is 0 Å². The minimum absolute atomic E-state index is 0.349. The molecule has 0 bridgehead atoms. The average Bonchev–Trinajstić information content (AvgIpc) is 3.06. The summed E-state index contributed by atoms with van der Waals surface area (Å²) in [5.74, 6) is 1.53. The summed E-state index contributed by atoms with van der Waals surface area (Å²) in [5.41, 5.74) is 1.24. The third-order valence-electron chi connectivity index (χ3n) is 5.56. The van der Waals surface area contributed by atoms with E-state index < -0.39 is 0 Å². The number of anilines is 1. The van der Waals surface area contributed by atoms with Gasteiger partial charge in [0.25, 0.3) is 0 Å². The van der Waals surface area contributed by atoms with E-state index in [0.29, 0.717) is 25.2 Å². The van der Waals surface area contributed by atoms with Gasteiger partial charge in [0.2, 0.25) is 0 Å². The summed E-state index contributed by atoms with van der Waals surface area (Å²) in [7, 11) is 1.69. The van der Waals surface area contributed by atoms with Gasteiger partial charge in [-0.05, 0) is 43.0 Å². The van der Waals surface area contributed by atoms with E-state index in [1.807, 2.05) is 12.1 Å². The molecule has 1 aromatic rings. The van der Waals surface area contributed by atoms with Crippen LogP contribution >= 0.6 is 0 Å². The fourth-order valence-corrected chi connectivity index (χ4v) is 3.93. The van der Waals surface area contributed by atoms with Crippen LogP contribution in [-0.2, 0) is 4.74 Å². The number of β-amino-alcohol motifs (C(OH)–C–C–N with tert-alkyl or cyclic N) is 1. The number of aliphatic hydroxyl groups is 1. The Bertz CT molecular complexity index is 514. The first-order chi connectivity index (χ1) is 12.2. The fourth-order valence-electron chi connectivity index (χ4n) is 3.93. The van der Waals surface area contributed by atoms with Crippen LogP contribution in [0.15, 0.2) is 24.3 Å². The molecule has 0 radical (unpaired) electrons. The number of piperazine rings is 1. The molecule has 5 nitrogen and oxygen atoms in total. The van der Waals surface area contributed by atoms with Gasteiger partial charge in [-0.2, -0.15) is 0 Å². The average molecular weight is 348 g/mol. The molecule has 0 aromatic heterocycles. The zero-order valence-electron chi connectivity index (χ0n) is 15.6. The minimum atomic E-state index is -0.389. The predicted molar refractivity (Wildman–Crippen MR) is 100 cm³/mol. The molecule has 0 amide bonds. The number of ether oxygens (including phenoxy) is 2. The number of aliphatic hydroxyl groups excluding tert-OH is 1. The van der Waals surface area contributed by atoms with Gasteiger partial charge in [-0.1, -0.05) is 13.3 Å². The lowest BCUT2D eigenvalue weighted by molar-refractivity contribution is -0.0321. The highest BCUT2D eigenvalue weighted by Gasteiger charge is 2.25. The van der Waals surface area contributed by atoms with E-state index in [1.54, 1.807) is 7.11 Å². The maximum Gasteiger partial charge on any atom is 0.119 e. The van der Waals surface area contributed by atoms with E-state index in [0.717, 1.165) is 38.3 Å². The van der Waals surface area contributed by atoms with Crippen molar-refractivity contribution in [3.05, 3.63) is 24.3 Å². The molecule has 2 aliphatic rings. The lowest BCUT2D eigenvalue weighted by Gasteiger charge is -2.37. The van der Waals surface area contributed by atoms with E-state index in [1.165, 1.54) is 18.5 Å². The van der Waals surface area contributed by atoms with Crippen molar-refractivity contribution in [1.82, 2.24) is 4.90 Å². The maximum absolute atomic E-state index is 10.3. The molecule has 140 valence electrons. The first kappa shape index (κ1) is 18.5. The molecule has 1 heterocycles. The number of hydrogen-bond donors (Lipinski definition) is 1. The summed E-state index contributed by atoms with van der Waals surface area (Å²) < 4.78 is 11.1. The highest BCUT2D eigenvalue weighted by atomic mass is 16.5. The van der Waals surface area contributed by atoms with Gasteiger partial charge < -0.3 is 19.5 Å². The fraction of sp³-hybridized carbons (Fsp3) is 0.700. The molecule has 0 unspecified atom stereocenters. The second kappa shape index (κ2) is 8.88. The van der Waals surface area contributed by atoms with Crippen molar-refractivity contribution in [3.8, 4) is 5.75 Å². The van der Waals surface area contributed by atoms with Crippen LogP contribution in [0, 0.1) is 5.92 Å². The smallest absolute Gasteiger partial charge is 0.119 e. The van der Waals surface area contributed by atoms with E-state index in [2.05, 4.69) is 28.9 Å². The summed E-state index contributed by atoms with van der Waals surface area (Å²) in [6.07, 6.45) is 3.62. The second-order valence-electron chi connectivity index (χ2n) is 7.42. The van der Waals surface area contributed by atoms with Crippen molar-refractivity contribution >= 4 is 5.69 Å². The molecule has 3 atom stereocenters. The van der Waals surface area contributed by atoms with Crippen molar-refractivity contribution in [1.29, 1.82) is 0 Å². The highest BCUT2D eigenvalue weighted by Crippen LogP contribution is 2.27. The van der Waals surface area contributed by atoms with Crippen LogP contribution in [0.1, 0.15) is 26.2 Å². The lowest BCUT2D eigenvalue weighted by Crippen LogP contribution is -2.49. The zero-order valence-corrected chi connectivity index (χ0v) is 15.6. The molecular formula is C20H32N2O3. The Balaban J connectivity index is 1.38. The Hall–Kier alpha value is -1.30. The number of nitrogens with zero attached hydrogens (tertiary/aromatic N) is 2. The second-order valence-corrected chi connectivity index (χ2v) is 7.42. The first-order valence-corrected chi connectivity index (χ1v) is 9.56. The molecule has 0 spiro atoms. The van der Waals surface area contributed by atoms with E-state index in [4.69, 9.17) is 9.47 Å². The molecule has 5 heteroatoms. The third-order valence-corrected chi connectivity index (χ3v) is 5.56. The number of methoxy groups -OCH3 is 1. The van der Waals surface area contributed by atoms with Crippen molar-refractivity contribution in [3.63, 3.8) is 0 Å². The van der Waals surface area contributed by atoms with Gasteiger partial charge in [-0.15, -0.1) is 0 Å². The molecule has 3 rings (SSSR count). The van der Waals surface area contributed by atoms with Gasteiger partial charge in [0.05, 0.1) is 25.9 Å². The van der Waals surface area contributed by atoms with E-state index in [9.17, 15) is 5.11 Å². The molecule has 2 fully saturated rings. The molecule has 1 N–H and O–H groups in total. The number of rotatable bonds is 7. The maximum atomic E-state index is 10.3. The Morgan fingerprint density at radius 3 is 2.44 bits per heavy atom. The van der Waals surface area contributed by atoms with Crippen molar-refractivity contribution in [2.24, 2.45) is 5.92 Å². The molecule has 1 aliphatic heterocycles. The lowest BCUT2D eigenvalue weighted by atomic mass is 10.1.